The number of cyclic esters (lactones) is 1. The smallest absolute Gasteiger partial charge is 0.320 e. The molecule has 1 heterocycles. The number of carbonyl (C=O) groups is 3. The van der Waals surface area contributed by atoms with Gasteiger partial charge in [0.15, 0.2) is 5.78 Å². The van der Waals surface area contributed by atoms with Gasteiger partial charge < -0.3 is 14.6 Å². The van der Waals surface area contributed by atoms with E-state index in [4.69, 9.17) is 9.47 Å². The summed E-state index contributed by atoms with van der Waals surface area (Å²) in [4.78, 5) is 38.2. The molecule has 1 N–H and O–H groups in total. The van der Waals surface area contributed by atoms with Gasteiger partial charge in [0.2, 0.25) is 0 Å². The van der Waals surface area contributed by atoms with E-state index in [0.717, 1.165) is 12.8 Å². The van der Waals surface area contributed by atoms with Gasteiger partial charge in [-0.3, -0.25) is 14.4 Å². The van der Waals surface area contributed by atoms with E-state index in [2.05, 4.69) is 20.4 Å². The molecular formula is C22H30O6. The van der Waals surface area contributed by atoms with E-state index in [-0.39, 0.29) is 48.1 Å². The molecule has 3 aliphatic carbocycles. The van der Waals surface area contributed by atoms with Crippen molar-refractivity contribution in [3.63, 3.8) is 0 Å². The predicted octanol–water partition coefficient (Wildman–Crippen LogP) is 2.43. The number of fused-ring (bicyclic) bond motifs is 2. The molecule has 1 saturated heterocycles. The highest BCUT2D eigenvalue weighted by Gasteiger charge is 2.74. The van der Waals surface area contributed by atoms with Crippen molar-refractivity contribution in [2.75, 3.05) is 13.2 Å². The summed E-state index contributed by atoms with van der Waals surface area (Å²) < 4.78 is 11.5. The summed E-state index contributed by atoms with van der Waals surface area (Å²) in [6.07, 6.45) is 2.83. The molecule has 1 aliphatic heterocycles. The Morgan fingerprint density at radius 3 is 2.64 bits per heavy atom. The molecule has 0 radical (unpaired) electrons. The lowest BCUT2D eigenvalue weighted by molar-refractivity contribution is -0.247. The minimum Gasteiger partial charge on any atom is -0.464 e. The minimum absolute atomic E-state index is 0.0165. The van der Waals surface area contributed by atoms with Crippen molar-refractivity contribution in [2.45, 2.75) is 59.0 Å². The second-order valence-corrected chi connectivity index (χ2v) is 9.91. The first-order valence-corrected chi connectivity index (χ1v) is 10.3. The van der Waals surface area contributed by atoms with Gasteiger partial charge in [-0.1, -0.05) is 20.4 Å². The molecule has 2 spiro atoms. The monoisotopic (exact) mass is 390 g/mol. The molecule has 4 rings (SSSR count). The number of hydrogen-bond donors (Lipinski definition) is 1. The van der Waals surface area contributed by atoms with Crippen LogP contribution in [-0.4, -0.2) is 42.1 Å². The lowest BCUT2D eigenvalue weighted by Crippen LogP contribution is -2.68. The van der Waals surface area contributed by atoms with Crippen LogP contribution < -0.4 is 0 Å². The lowest BCUT2D eigenvalue weighted by atomic mass is 9.44. The van der Waals surface area contributed by atoms with Gasteiger partial charge in [-0.25, -0.2) is 0 Å². The molecule has 154 valence electrons. The first-order chi connectivity index (χ1) is 13.1. The van der Waals surface area contributed by atoms with Crippen LogP contribution in [0.15, 0.2) is 12.2 Å². The van der Waals surface area contributed by atoms with Crippen molar-refractivity contribution in [3.05, 3.63) is 12.2 Å². The number of ether oxygens (including phenoxy) is 2. The van der Waals surface area contributed by atoms with Gasteiger partial charge in [-0.05, 0) is 60.8 Å². The van der Waals surface area contributed by atoms with Crippen LogP contribution in [-0.2, 0) is 23.9 Å². The maximum atomic E-state index is 13.3. The van der Waals surface area contributed by atoms with E-state index in [1.165, 1.54) is 6.92 Å². The maximum absolute atomic E-state index is 13.3. The van der Waals surface area contributed by atoms with Gasteiger partial charge in [0.05, 0.1) is 5.41 Å². The normalized spacial score (nSPS) is 44.2. The number of esters is 2. The minimum atomic E-state index is -1.24. The van der Waals surface area contributed by atoms with Crippen LogP contribution in [0.1, 0.15) is 52.9 Å². The van der Waals surface area contributed by atoms with Crippen molar-refractivity contribution < 1.29 is 29.0 Å². The van der Waals surface area contributed by atoms with E-state index in [0.29, 0.717) is 24.8 Å². The molecule has 4 fully saturated rings. The topological polar surface area (TPSA) is 89.9 Å². The molecule has 4 unspecified atom stereocenters. The Balaban J connectivity index is 1.90. The maximum Gasteiger partial charge on any atom is 0.320 e. The Hall–Kier alpha value is -1.69. The molecule has 6 atom stereocenters. The van der Waals surface area contributed by atoms with Crippen LogP contribution in [0, 0.1) is 34.0 Å². The third kappa shape index (κ3) is 2.27. The van der Waals surface area contributed by atoms with Crippen LogP contribution >= 0.6 is 0 Å². The summed E-state index contributed by atoms with van der Waals surface area (Å²) in [7, 11) is 0. The molecule has 0 aromatic carbocycles. The summed E-state index contributed by atoms with van der Waals surface area (Å²) in [5.74, 6) is -1.59. The van der Waals surface area contributed by atoms with E-state index >= 15 is 0 Å². The highest BCUT2D eigenvalue weighted by Crippen LogP contribution is 2.68. The highest BCUT2D eigenvalue weighted by atomic mass is 16.6. The molecule has 3 saturated carbocycles. The largest absolute Gasteiger partial charge is 0.464 e. The molecular weight excluding hydrogens is 360 g/mol. The van der Waals surface area contributed by atoms with Crippen molar-refractivity contribution in [1.29, 1.82) is 0 Å². The Labute approximate surface area is 165 Å². The third-order valence-electron chi connectivity index (χ3n) is 8.36. The van der Waals surface area contributed by atoms with E-state index in [9.17, 15) is 19.5 Å². The second kappa shape index (κ2) is 6.15. The lowest BCUT2D eigenvalue weighted by Gasteiger charge is -2.62. The number of aliphatic hydroxyl groups is 1. The number of allylic oxidation sites excluding steroid dienone is 1. The zero-order valence-corrected chi connectivity index (χ0v) is 17.0. The Morgan fingerprint density at radius 1 is 1.29 bits per heavy atom. The van der Waals surface area contributed by atoms with Crippen LogP contribution in [0.3, 0.4) is 0 Å². The summed E-state index contributed by atoms with van der Waals surface area (Å²) >= 11 is 0. The first kappa shape index (κ1) is 19.6. The standard InChI is InChI=1S/C22H30O6/c1-12-14-5-6-15-21(9-14,18(12)25)19(26)27-11-22(15)16(10-23)20(3,4)8-7-17(22)28-13(2)24/h14-17,23H,1,5-11H2,2-4H3/t14?,15-,16?,17+,21?,22?/m1/s1. The van der Waals surface area contributed by atoms with Gasteiger partial charge in [0.25, 0.3) is 0 Å². The molecule has 6 heteroatoms. The Bertz CT molecular complexity index is 754. The molecule has 4 aliphatic rings. The van der Waals surface area contributed by atoms with Crippen molar-refractivity contribution in [3.8, 4) is 0 Å². The van der Waals surface area contributed by atoms with Gasteiger partial charge >= 0.3 is 11.9 Å². The van der Waals surface area contributed by atoms with E-state index in [1.807, 2.05) is 0 Å². The van der Waals surface area contributed by atoms with E-state index in [1.54, 1.807) is 0 Å². The zero-order valence-electron chi connectivity index (χ0n) is 17.0. The number of Topliss-reactive ketones (excluding diaryl/α,β-unsaturated/α-hetero) is 1. The summed E-state index contributed by atoms with van der Waals surface area (Å²) in [5, 5.41) is 10.5. The van der Waals surface area contributed by atoms with Crippen LogP contribution in [0.25, 0.3) is 0 Å². The van der Waals surface area contributed by atoms with Crippen molar-refractivity contribution in [1.82, 2.24) is 0 Å². The third-order valence-corrected chi connectivity index (χ3v) is 8.36. The first-order valence-electron chi connectivity index (χ1n) is 10.3. The average Bonchev–Trinajstić information content (AvgIpc) is 2.82. The van der Waals surface area contributed by atoms with Gasteiger partial charge in [0.1, 0.15) is 18.1 Å². The fraction of sp³-hybridized carbons (Fsp3) is 0.773. The fourth-order valence-corrected chi connectivity index (χ4v) is 7.08. The van der Waals surface area contributed by atoms with Crippen LogP contribution in [0.2, 0.25) is 0 Å². The molecule has 0 aromatic heterocycles. The number of rotatable bonds is 2. The number of hydrogen-bond acceptors (Lipinski definition) is 6. The van der Waals surface area contributed by atoms with E-state index < -0.39 is 22.9 Å². The summed E-state index contributed by atoms with van der Waals surface area (Å²) in [6.45, 7) is 9.53. The molecule has 6 nitrogen and oxygen atoms in total. The SMILES string of the molecule is C=C1C(=O)C23CC1CC[C@H]2C1(COC3=O)C(CO)C(C)(C)CC[C@@H]1OC(C)=O. The Kier molecular flexibility index (Phi) is 4.31. The zero-order chi connectivity index (χ0) is 20.5. The summed E-state index contributed by atoms with van der Waals surface area (Å²) in [5.41, 5.74) is -1.71. The molecule has 28 heavy (non-hydrogen) atoms. The molecule has 0 aromatic rings. The number of carbonyl (C=O) groups excluding carboxylic acids is 3. The van der Waals surface area contributed by atoms with Gasteiger partial charge in [-0.15, -0.1) is 0 Å². The Morgan fingerprint density at radius 2 is 2.00 bits per heavy atom. The second-order valence-electron chi connectivity index (χ2n) is 9.91. The number of aliphatic hydroxyl groups excluding tert-OH is 1. The fourth-order valence-electron chi connectivity index (χ4n) is 7.08. The average molecular weight is 390 g/mol. The molecule has 0 amide bonds. The van der Waals surface area contributed by atoms with Gasteiger partial charge in [0, 0.05) is 13.5 Å². The summed E-state index contributed by atoms with van der Waals surface area (Å²) in [6, 6.07) is 0. The number of ketones is 1. The molecule has 2 bridgehead atoms. The van der Waals surface area contributed by atoms with Crippen LogP contribution in [0.4, 0.5) is 0 Å². The van der Waals surface area contributed by atoms with Crippen molar-refractivity contribution >= 4 is 17.7 Å². The van der Waals surface area contributed by atoms with Crippen molar-refractivity contribution in [2.24, 2.45) is 34.0 Å². The van der Waals surface area contributed by atoms with Crippen LogP contribution in [0.5, 0.6) is 0 Å². The predicted molar refractivity (Wildman–Crippen MR) is 99.9 cm³/mol. The van der Waals surface area contributed by atoms with Gasteiger partial charge in [-0.2, -0.15) is 0 Å². The highest BCUT2D eigenvalue weighted by molar-refractivity contribution is 6.15. The quantitative estimate of drug-likeness (QED) is 0.442.